The number of methoxy groups -OCH3 is 5. The number of carbonyl (C=O) groups is 3. The predicted molar refractivity (Wildman–Crippen MR) is 470 cm³/mol. The number of aliphatic carboxylic acids is 1. The van der Waals surface area contributed by atoms with Gasteiger partial charge in [0.1, 0.15) is 0 Å². The third kappa shape index (κ3) is 34.8. The van der Waals surface area contributed by atoms with Crippen LogP contribution >= 0.6 is 43.4 Å². The number of aliphatic hydroxyl groups excluding tert-OH is 1. The van der Waals surface area contributed by atoms with E-state index in [1.165, 1.54) is 57.4 Å². The fourth-order valence-electron chi connectivity index (χ4n) is 14.9. The van der Waals surface area contributed by atoms with Crippen molar-refractivity contribution in [2.75, 3.05) is 99.9 Å². The van der Waals surface area contributed by atoms with E-state index < -0.39 is 28.9 Å². The summed E-state index contributed by atoms with van der Waals surface area (Å²) < 4.78 is 74.1. The van der Waals surface area contributed by atoms with Crippen molar-refractivity contribution in [1.29, 1.82) is 0 Å². The number of anilines is 6. The highest BCUT2D eigenvalue weighted by molar-refractivity contribution is 9.10. The van der Waals surface area contributed by atoms with Crippen molar-refractivity contribution in [2.24, 2.45) is 23.7 Å². The molecule has 0 unspecified atom stereocenters. The van der Waals surface area contributed by atoms with Gasteiger partial charge < -0.3 is 63.6 Å². The van der Waals surface area contributed by atoms with Gasteiger partial charge in [-0.05, 0) is 208 Å². The van der Waals surface area contributed by atoms with Gasteiger partial charge >= 0.3 is 41.1 Å². The Morgan fingerprint density at radius 3 is 1.27 bits per heavy atom. The van der Waals surface area contributed by atoms with Gasteiger partial charge in [-0.3, -0.25) is 35.1 Å². The van der Waals surface area contributed by atoms with Gasteiger partial charge in [0.05, 0.1) is 65.5 Å². The third-order valence-corrected chi connectivity index (χ3v) is 22.4. The third-order valence-electron chi connectivity index (χ3n) is 20.9. The SMILES string of the molecule is C/C=C/C(=O)OC.C1CCOC1.CC(C)CN(c1ncc(Br)cc1[N+](=O)[O-])C1CCC(O)CC1.COC(=O)/C=C(\C)c1cnc(N(CC(C)C)C2CCC(OC)CC2)c([N+](=O)[O-])c1.COC1CCC(N(CC(C)C)c2ncc(Br)cc2[N+](=O)[O-])CC1.COC1CCC(N(CC(C)C)c2ncc([C@H](C)CC(=O)O)cc2Nc2nc(C(F)(F)F)ns2)CC1. The van der Waals surface area contributed by atoms with Crippen LogP contribution in [-0.4, -0.2) is 196 Å². The first-order chi connectivity index (χ1) is 57.3. The maximum absolute atomic E-state index is 13.1. The van der Waals surface area contributed by atoms with Crippen molar-refractivity contribution < 1.29 is 81.0 Å². The minimum Gasteiger partial charge on any atom is -0.481 e. The van der Waals surface area contributed by atoms with Crippen LogP contribution in [0.5, 0.6) is 0 Å². The van der Waals surface area contributed by atoms with E-state index in [0.29, 0.717) is 109 Å². The maximum Gasteiger partial charge on any atom is 0.452 e. The molecule has 0 spiro atoms. The number of nitro groups is 3. The summed E-state index contributed by atoms with van der Waals surface area (Å²) in [4.78, 5) is 96.3. The number of hydrogen-bond acceptors (Lipinski definition) is 28. The second kappa shape index (κ2) is 52.4. The van der Waals surface area contributed by atoms with Crippen LogP contribution in [0.2, 0.25) is 0 Å². The van der Waals surface area contributed by atoms with Gasteiger partial charge in [-0.15, -0.1) is 0 Å². The molecule has 5 fully saturated rings. The van der Waals surface area contributed by atoms with E-state index in [2.05, 4.69) is 146 Å². The van der Waals surface area contributed by atoms with Gasteiger partial charge in [0.15, 0.2) is 5.82 Å². The number of aliphatic hydroxyl groups is 1. The predicted octanol–water partition coefficient (Wildman–Crippen LogP) is 18.9. The van der Waals surface area contributed by atoms with Gasteiger partial charge in [0.25, 0.3) is 0 Å². The van der Waals surface area contributed by atoms with Crippen molar-refractivity contribution in [2.45, 2.75) is 259 Å². The largest absolute Gasteiger partial charge is 0.481 e. The molecule has 37 heteroatoms. The number of nitrogens with zero attached hydrogens (tertiary/aromatic N) is 13. The summed E-state index contributed by atoms with van der Waals surface area (Å²) >= 11 is 7.15. The second-order valence-electron chi connectivity index (χ2n) is 32.4. The van der Waals surface area contributed by atoms with Crippen molar-refractivity contribution in [3.05, 3.63) is 124 Å². The molecule has 6 heterocycles. The molecule has 3 N–H and O–H groups in total. The Bertz CT molecular complexity index is 4090. The number of aromatic nitrogens is 6. The Morgan fingerprint density at radius 2 is 0.950 bits per heavy atom. The minimum atomic E-state index is -4.64. The first-order valence-electron chi connectivity index (χ1n) is 41.4. The smallest absolute Gasteiger partial charge is 0.452 e. The number of carboxylic acid groups (broad SMARTS) is 1. The Labute approximate surface area is 730 Å². The molecule has 10 rings (SSSR count). The molecule has 1 saturated heterocycles. The number of carbonyl (C=O) groups excluding carboxylic acids is 2. The normalized spacial score (nSPS) is 20.0. The quantitative estimate of drug-likeness (QED) is 0.0166. The summed E-state index contributed by atoms with van der Waals surface area (Å²) in [6, 6.07) is 7.15. The van der Waals surface area contributed by atoms with E-state index in [1.54, 1.807) is 79.0 Å². The number of allylic oxidation sites excluding steroid dienone is 2. The maximum atomic E-state index is 13.1. The molecule has 0 aromatic carbocycles. The van der Waals surface area contributed by atoms with Crippen LogP contribution in [0.15, 0.2) is 76.2 Å². The lowest BCUT2D eigenvalue weighted by atomic mass is 9.91. The van der Waals surface area contributed by atoms with E-state index in [4.69, 9.17) is 23.9 Å². The van der Waals surface area contributed by atoms with E-state index in [9.17, 15) is 68.1 Å². The van der Waals surface area contributed by atoms with Crippen molar-refractivity contribution >= 4 is 118 Å². The topological polar surface area (TPSA) is 379 Å². The van der Waals surface area contributed by atoms with Crippen molar-refractivity contribution in [3.8, 4) is 0 Å². The highest BCUT2D eigenvalue weighted by atomic mass is 79.9. The monoisotopic (exact) mass is 1850 g/mol. The lowest BCUT2D eigenvalue weighted by molar-refractivity contribution is -0.384. The summed E-state index contributed by atoms with van der Waals surface area (Å²) in [7, 11) is 7.83. The number of pyridine rings is 4. The summed E-state index contributed by atoms with van der Waals surface area (Å²) in [5, 5.41) is 56.6. The molecule has 1 atom stereocenters. The molecular formula is C84H125Br2F3N14O17S. The number of rotatable bonds is 30. The second-order valence-corrected chi connectivity index (χ2v) is 34.9. The Morgan fingerprint density at radius 1 is 0.579 bits per heavy atom. The van der Waals surface area contributed by atoms with E-state index in [1.807, 2.05) is 0 Å². The lowest BCUT2D eigenvalue weighted by Gasteiger charge is -2.39. The van der Waals surface area contributed by atoms with E-state index in [0.717, 1.165) is 129 Å². The van der Waals surface area contributed by atoms with Crippen LogP contribution in [0.3, 0.4) is 0 Å². The first-order valence-corrected chi connectivity index (χ1v) is 43.7. The van der Waals surface area contributed by atoms with Crippen LogP contribution in [0, 0.1) is 54.0 Å². The van der Waals surface area contributed by atoms with Crippen molar-refractivity contribution in [3.63, 3.8) is 0 Å². The number of carboxylic acids is 1. The van der Waals surface area contributed by atoms with Crippen LogP contribution < -0.4 is 24.9 Å². The molecule has 5 aliphatic rings. The summed E-state index contributed by atoms with van der Waals surface area (Å²) in [6.07, 6.45) is 23.5. The molecule has 4 saturated carbocycles. The Kier molecular flexibility index (Phi) is 44.8. The standard InChI is InChI=1S/C23H32F3N5O3S.C21H31N3O5.C16H24BrN3O3.C15H22BrN3O3.C5H8O2.C4H8O/c1-13(2)12-31(16-5-7-17(34-4)8-6-16)20-18(10-15(11-27-20)14(3)9-19(32)33)28-22-29-21(30-35-22)23(24,25)26;1-14(2)13-23(17-6-8-18(28-4)9-7-17)21-19(24(26)27)11-16(12-22-21)15(3)10-20(25)29-5;1-11(2)10-19(13-4-6-14(23-3)7-5-13)16-15(20(21)22)8-12(17)9-18-16;1-10(2)9-18(12-3-5-13(20)6-4-12)15-14(19(21)22)7-11(16)8-17-15;1-3-4-5(6)7-2;1-2-4-5-3-1/h10-11,13-14,16-17H,5-9,12H2,1-4H3,(H,32,33)(H,28,29,30);10-12,14,17-18H,6-9,13H2,1-5H3;8-9,11,13-14H,4-7,10H2,1-3H3;7-8,10,12-13,20H,3-6,9H2,1-2H3;3-4H,1-2H3;1-4H2/b;15-10+;;;4-3+;/t14-,16?,17?;;;;;/m1...../s1. The number of nitrogens with one attached hydrogen (secondary N) is 1. The van der Waals surface area contributed by atoms with E-state index in [-0.39, 0.29) is 92.8 Å². The number of hydrogen-bond donors (Lipinski definition) is 3. The average Bonchev–Trinajstić information content (AvgIpc) is 1.32. The number of halogens is 5. The van der Waals surface area contributed by atoms with Crippen molar-refractivity contribution in [1.82, 2.24) is 29.3 Å². The molecule has 4 aliphatic carbocycles. The molecular weight excluding hydrogens is 1730 g/mol. The molecule has 5 aromatic rings. The molecule has 121 heavy (non-hydrogen) atoms. The Balaban J connectivity index is 0.000000277. The number of esters is 2. The van der Waals surface area contributed by atoms with Crippen LogP contribution in [0.1, 0.15) is 221 Å². The minimum absolute atomic E-state index is 0.00370. The molecule has 5 aromatic heterocycles. The molecule has 0 amide bonds. The highest BCUT2D eigenvalue weighted by Crippen LogP contribution is 2.42. The van der Waals surface area contributed by atoms with Gasteiger partial charge in [0.2, 0.25) is 28.4 Å². The van der Waals surface area contributed by atoms with Gasteiger partial charge in [-0.2, -0.15) is 22.5 Å². The van der Waals surface area contributed by atoms with Gasteiger partial charge in [0, 0.05) is 166 Å². The first kappa shape index (κ1) is 103. The summed E-state index contributed by atoms with van der Waals surface area (Å²) in [6.45, 7) is 26.9. The van der Waals surface area contributed by atoms with Crippen LogP contribution in [0.4, 0.5) is 64.3 Å². The van der Waals surface area contributed by atoms with Crippen LogP contribution in [-0.2, 0) is 49.0 Å². The molecule has 1 aliphatic heterocycles. The number of alkyl halides is 3. The highest BCUT2D eigenvalue weighted by Gasteiger charge is 2.39. The zero-order valence-corrected chi connectivity index (χ0v) is 76.7. The molecule has 674 valence electrons. The fraction of sp³-hybridized carbons (Fsp3) is 0.655. The summed E-state index contributed by atoms with van der Waals surface area (Å²) in [5.74, 6) is 0.0459. The zero-order chi connectivity index (χ0) is 89.8. The van der Waals surface area contributed by atoms with E-state index >= 15 is 0 Å². The molecule has 31 nitrogen and oxygen atoms in total. The zero-order valence-electron chi connectivity index (χ0n) is 72.7. The van der Waals surface area contributed by atoms with Gasteiger partial charge in [-0.25, -0.2) is 29.5 Å². The fourth-order valence-corrected chi connectivity index (χ4v) is 16.1. The van der Waals surface area contributed by atoms with Crippen LogP contribution in [0.25, 0.3) is 5.57 Å². The summed E-state index contributed by atoms with van der Waals surface area (Å²) in [5.41, 5.74) is 2.30. The Hall–Kier alpha value is -8.20. The molecule has 0 bridgehead atoms. The average molecular weight is 1850 g/mol. The number of ether oxygens (including phenoxy) is 6. The molecule has 0 radical (unpaired) electrons. The van der Waals surface area contributed by atoms with Gasteiger partial charge in [-0.1, -0.05) is 68.4 Å². The lowest BCUT2D eigenvalue weighted by Crippen LogP contribution is -2.42.